The maximum absolute atomic E-state index is 12.7. The van der Waals surface area contributed by atoms with Crippen molar-refractivity contribution >= 4 is 23.4 Å². The lowest BCUT2D eigenvalue weighted by Crippen LogP contribution is -2.47. The van der Waals surface area contributed by atoms with Gasteiger partial charge in [0.15, 0.2) is 0 Å². The van der Waals surface area contributed by atoms with Crippen molar-refractivity contribution in [2.24, 2.45) is 5.92 Å². The van der Waals surface area contributed by atoms with Crippen molar-refractivity contribution in [3.63, 3.8) is 0 Å². The van der Waals surface area contributed by atoms with Crippen LogP contribution in [0.3, 0.4) is 0 Å². The van der Waals surface area contributed by atoms with Crippen LogP contribution in [0.2, 0.25) is 0 Å². The molecule has 27 heavy (non-hydrogen) atoms. The number of aryl methyl sites for hydroxylation is 1. The van der Waals surface area contributed by atoms with Gasteiger partial charge in [0.2, 0.25) is 5.91 Å². The summed E-state index contributed by atoms with van der Waals surface area (Å²) in [5, 5.41) is 5.75. The van der Waals surface area contributed by atoms with E-state index in [0.717, 1.165) is 6.42 Å². The predicted molar refractivity (Wildman–Crippen MR) is 98.4 cm³/mol. The molecule has 0 bridgehead atoms. The largest absolute Gasteiger partial charge is 0.469 e. The van der Waals surface area contributed by atoms with Crippen molar-refractivity contribution in [2.45, 2.75) is 25.8 Å². The van der Waals surface area contributed by atoms with Crippen LogP contribution in [0.5, 0.6) is 0 Å². The van der Waals surface area contributed by atoms with Gasteiger partial charge in [-0.05, 0) is 43.7 Å². The average molecular weight is 367 g/mol. The second kappa shape index (κ2) is 6.90. The molecule has 2 fully saturated rings. The van der Waals surface area contributed by atoms with Gasteiger partial charge in [-0.2, -0.15) is 0 Å². The van der Waals surface area contributed by atoms with Gasteiger partial charge >= 0.3 is 0 Å². The first-order chi connectivity index (χ1) is 13.0. The van der Waals surface area contributed by atoms with Crippen molar-refractivity contribution in [3.05, 3.63) is 53.5 Å². The smallest absolute Gasteiger partial charge is 0.258 e. The van der Waals surface area contributed by atoms with E-state index in [0.29, 0.717) is 42.1 Å². The number of anilines is 1. The van der Waals surface area contributed by atoms with Crippen LogP contribution in [0, 0.1) is 12.8 Å². The highest BCUT2D eigenvalue weighted by Crippen LogP contribution is 2.26. The first-order valence-electron chi connectivity index (χ1n) is 9.05. The fraction of sp³-hybridized carbons (Fsp3) is 0.350. The SMILES string of the molecule is Cc1cc(C(=O)Nc2ccc(C(=O)N3CC[C@@H]4NC(=O)C[C@@H]4C3)cc2)co1. The Balaban J connectivity index is 1.39. The number of fused-ring (bicyclic) bond motifs is 1. The fourth-order valence-electron chi connectivity index (χ4n) is 3.76. The monoisotopic (exact) mass is 367 g/mol. The molecule has 2 aliphatic rings. The summed E-state index contributed by atoms with van der Waals surface area (Å²) >= 11 is 0. The Hall–Kier alpha value is -3.09. The molecular weight excluding hydrogens is 346 g/mol. The Morgan fingerprint density at radius 3 is 2.70 bits per heavy atom. The van der Waals surface area contributed by atoms with E-state index in [9.17, 15) is 14.4 Å². The number of nitrogens with one attached hydrogen (secondary N) is 2. The predicted octanol–water partition coefficient (Wildman–Crippen LogP) is 2.19. The molecule has 0 radical (unpaired) electrons. The molecule has 140 valence electrons. The summed E-state index contributed by atoms with van der Waals surface area (Å²) in [6.45, 7) is 3.01. The summed E-state index contributed by atoms with van der Waals surface area (Å²) in [6.07, 6.45) is 2.70. The van der Waals surface area contributed by atoms with Crippen molar-refractivity contribution in [3.8, 4) is 0 Å². The molecular formula is C20H21N3O4. The fourth-order valence-corrected chi connectivity index (χ4v) is 3.76. The van der Waals surface area contributed by atoms with Crippen LogP contribution in [-0.4, -0.2) is 41.8 Å². The number of carbonyl (C=O) groups excluding carboxylic acids is 3. The Kier molecular flexibility index (Phi) is 4.43. The molecule has 7 nitrogen and oxygen atoms in total. The molecule has 3 heterocycles. The highest BCUT2D eigenvalue weighted by Gasteiger charge is 2.38. The number of nitrogens with zero attached hydrogens (tertiary/aromatic N) is 1. The zero-order valence-electron chi connectivity index (χ0n) is 15.0. The molecule has 4 rings (SSSR count). The van der Waals surface area contributed by atoms with Gasteiger partial charge in [-0.3, -0.25) is 14.4 Å². The molecule has 3 amide bonds. The third-order valence-electron chi connectivity index (χ3n) is 5.20. The van der Waals surface area contributed by atoms with E-state index in [2.05, 4.69) is 10.6 Å². The van der Waals surface area contributed by atoms with E-state index in [1.165, 1.54) is 6.26 Å². The average Bonchev–Trinajstić information content (AvgIpc) is 3.25. The number of hydrogen-bond donors (Lipinski definition) is 2. The van der Waals surface area contributed by atoms with Gasteiger partial charge in [0.25, 0.3) is 11.8 Å². The van der Waals surface area contributed by atoms with E-state index in [-0.39, 0.29) is 29.7 Å². The van der Waals surface area contributed by atoms with Crippen LogP contribution in [-0.2, 0) is 4.79 Å². The summed E-state index contributed by atoms with van der Waals surface area (Å²) in [6, 6.07) is 8.72. The molecule has 2 aliphatic heterocycles. The summed E-state index contributed by atoms with van der Waals surface area (Å²) in [7, 11) is 0. The second-order valence-corrected chi connectivity index (χ2v) is 7.16. The first kappa shape index (κ1) is 17.3. The third kappa shape index (κ3) is 3.58. The van der Waals surface area contributed by atoms with Gasteiger partial charge in [0.05, 0.1) is 5.56 Å². The van der Waals surface area contributed by atoms with Crippen molar-refractivity contribution in [1.82, 2.24) is 10.2 Å². The zero-order chi connectivity index (χ0) is 19.0. The molecule has 1 aromatic carbocycles. The summed E-state index contributed by atoms with van der Waals surface area (Å²) in [5.41, 5.74) is 1.64. The Labute approximate surface area is 156 Å². The minimum Gasteiger partial charge on any atom is -0.469 e. The van der Waals surface area contributed by atoms with Gasteiger partial charge in [-0.25, -0.2) is 0 Å². The van der Waals surface area contributed by atoms with Crippen molar-refractivity contribution in [2.75, 3.05) is 18.4 Å². The molecule has 0 unspecified atom stereocenters. The van der Waals surface area contributed by atoms with Crippen LogP contribution < -0.4 is 10.6 Å². The minimum absolute atomic E-state index is 0.0452. The molecule has 0 aliphatic carbocycles. The molecule has 0 spiro atoms. The number of likely N-dealkylation sites (tertiary alicyclic amines) is 1. The standard InChI is InChI=1S/C20H21N3O4/c1-12-8-15(11-27-12)19(25)21-16-4-2-13(3-5-16)20(26)23-7-6-17-14(10-23)9-18(24)22-17/h2-5,8,11,14,17H,6-7,9-10H2,1H3,(H,21,25)(H,22,24)/t14-,17+/m1/s1. The molecule has 2 saturated heterocycles. The summed E-state index contributed by atoms with van der Waals surface area (Å²) in [5.74, 6) is 0.644. The van der Waals surface area contributed by atoms with E-state index >= 15 is 0 Å². The van der Waals surface area contributed by atoms with E-state index < -0.39 is 0 Å². The molecule has 2 atom stereocenters. The summed E-state index contributed by atoms with van der Waals surface area (Å²) < 4.78 is 5.14. The highest BCUT2D eigenvalue weighted by molar-refractivity contribution is 6.04. The third-order valence-corrected chi connectivity index (χ3v) is 5.20. The Bertz CT molecular complexity index is 887. The van der Waals surface area contributed by atoms with Gasteiger partial charge in [-0.1, -0.05) is 0 Å². The zero-order valence-corrected chi connectivity index (χ0v) is 15.0. The van der Waals surface area contributed by atoms with Gasteiger partial charge in [-0.15, -0.1) is 0 Å². The molecule has 2 aromatic rings. The first-order valence-corrected chi connectivity index (χ1v) is 9.05. The lowest BCUT2D eigenvalue weighted by Gasteiger charge is -2.34. The van der Waals surface area contributed by atoms with Gasteiger partial charge in [0.1, 0.15) is 12.0 Å². The van der Waals surface area contributed by atoms with E-state index in [1.54, 1.807) is 37.3 Å². The number of piperidine rings is 1. The number of hydrogen-bond acceptors (Lipinski definition) is 4. The van der Waals surface area contributed by atoms with E-state index in [4.69, 9.17) is 4.42 Å². The lowest BCUT2D eigenvalue weighted by atomic mass is 9.93. The topological polar surface area (TPSA) is 91.7 Å². The quantitative estimate of drug-likeness (QED) is 0.870. The molecule has 7 heteroatoms. The van der Waals surface area contributed by atoms with E-state index in [1.807, 2.05) is 4.90 Å². The van der Waals surface area contributed by atoms with Crippen LogP contribution >= 0.6 is 0 Å². The molecule has 2 N–H and O–H groups in total. The van der Waals surface area contributed by atoms with Crippen LogP contribution in [0.15, 0.2) is 41.0 Å². The molecule has 1 aromatic heterocycles. The summed E-state index contributed by atoms with van der Waals surface area (Å²) in [4.78, 5) is 38.2. The minimum atomic E-state index is -0.258. The maximum atomic E-state index is 12.7. The maximum Gasteiger partial charge on any atom is 0.258 e. The Morgan fingerprint density at radius 2 is 2.00 bits per heavy atom. The van der Waals surface area contributed by atoms with Crippen LogP contribution in [0.4, 0.5) is 5.69 Å². The van der Waals surface area contributed by atoms with Gasteiger partial charge < -0.3 is 20.0 Å². The molecule has 0 saturated carbocycles. The number of carbonyl (C=O) groups is 3. The number of furan rings is 1. The van der Waals surface area contributed by atoms with Crippen LogP contribution in [0.25, 0.3) is 0 Å². The normalized spacial score (nSPS) is 21.5. The number of rotatable bonds is 3. The number of amides is 3. The second-order valence-electron chi connectivity index (χ2n) is 7.16. The number of benzene rings is 1. The van der Waals surface area contributed by atoms with Gasteiger partial charge in [0, 0.05) is 42.7 Å². The lowest BCUT2D eigenvalue weighted by molar-refractivity contribution is -0.119. The highest BCUT2D eigenvalue weighted by atomic mass is 16.3. The van der Waals surface area contributed by atoms with Crippen LogP contribution in [0.1, 0.15) is 39.3 Å². The van der Waals surface area contributed by atoms with Crippen molar-refractivity contribution < 1.29 is 18.8 Å². The Morgan fingerprint density at radius 1 is 1.22 bits per heavy atom. The van der Waals surface area contributed by atoms with Crippen molar-refractivity contribution in [1.29, 1.82) is 0 Å².